The van der Waals surface area contributed by atoms with Gasteiger partial charge in [-0.15, -0.1) is 11.6 Å². The van der Waals surface area contributed by atoms with E-state index >= 15 is 0 Å². The summed E-state index contributed by atoms with van der Waals surface area (Å²) >= 11 is 8.48. The fourth-order valence-electron chi connectivity index (χ4n) is 1.08. The Morgan fingerprint density at radius 2 is 2.27 bits per heavy atom. The van der Waals surface area contributed by atoms with Crippen LogP contribution in [-0.2, 0) is 4.79 Å². The molecule has 0 unspecified atom stereocenters. The van der Waals surface area contributed by atoms with E-state index in [0.29, 0.717) is 10.2 Å². The summed E-state index contributed by atoms with van der Waals surface area (Å²) in [6, 6.07) is 2.90. The van der Waals surface area contributed by atoms with Crippen molar-refractivity contribution >= 4 is 39.1 Å². The lowest BCUT2D eigenvalue weighted by atomic mass is 10.2. The van der Waals surface area contributed by atoms with Gasteiger partial charge in [0.05, 0.1) is 4.47 Å². The Labute approximate surface area is 101 Å². The maximum atomic E-state index is 13.2. The molecule has 0 radical (unpaired) electrons. The van der Waals surface area contributed by atoms with E-state index in [1.807, 2.05) is 0 Å². The SMILES string of the molecule is Cc1cc(Br)c(F)cc1NC(=O)CCCl. The van der Waals surface area contributed by atoms with Crippen LogP contribution in [-0.4, -0.2) is 11.8 Å². The fourth-order valence-corrected chi connectivity index (χ4v) is 1.71. The van der Waals surface area contributed by atoms with Gasteiger partial charge < -0.3 is 5.32 Å². The number of benzene rings is 1. The summed E-state index contributed by atoms with van der Waals surface area (Å²) in [5.41, 5.74) is 1.28. The minimum absolute atomic E-state index is 0.213. The van der Waals surface area contributed by atoms with E-state index in [2.05, 4.69) is 21.2 Å². The summed E-state index contributed by atoms with van der Waals surface area (Å²) in [6.45, 7) is 1.79. The van der Waals surface area contributed by atoms with Gasteiger partial charge in [0, 0.05) is 18.0 Å². The van der Waals surface area contributed by atoms with Crippen LogP contribution < -0.4 is 5.32 Å². The molecule has 5 heteroatoms. The standard InChI is InChI=1S/C10H10BrClFNO/c1-6-4-7(11)8(13)5-9(6)14-10(15)2-3-12/h4-5H,2-3H2,1H3,(H,14,15). The molecule has 0 fully saturated rings. The van der Waals surface area contributed by atoms with Gasteiger partial charge in [0.1, 0.15) is 5.82 Å². The normalized spacial score (nSPS) is 10.1. The van der Waals surface area contributed by atoms with Gasteiger partial charge in [0.2, 0.25) is 5.91 Å². The average molecular weight is 295 g/mol. The van der Waals surface area contributed by atoms with Gasteiger partial charge in [-0.1, -0.05) is 0 Å². The first-order valence-electron chi connectivity index (χ1n) is 4.36. The molecule has 0 aliphatic rings. The second-order valence-corrected chi connectivity index (χ2v) is 4.30. The van der Waals surface area contributed by atoms with E-state index in [4.69, 9.17) is 11.6 Å². The molecule has 0 saturated heterocycles. The third-order valence-electron chi connectivity index (χ3n) is 1.86. The first-order chi connectivity index (χ1) is 7.04. The van der Waals surface area contributed by atoms with Crippen LogP contribution in [0.3, 0.4) is 0 Å². The van der Waals surface area contributed by atoms with Crippen molar-refractivity contribution in [1.82, 2.24) is 0 Å². The summed E-state index contributed by atoms with van der Waals surface area (Å²) in [6.07, 6.45) is 0.221. The Kier molecular flexibility index (Phi) is 4.54. The minimum atomic E-state index is -0.401. The molecular formula is C10H10BrClFNO. The minimum Gasteiger partial charge on any atom is -0.326 e. The molecule has 0 saturated carbocycles. The summed E-state index contributed by atoms with van der Waals surface area (Å²) in [7, 11) is 0. The van der Waals surface area contributed by atoms with Crippen LogP contribution in [0.2, 0.25) is 0 Å². The third-order valence-corrected chi connectivity index (χ3v) is 2.66. The van der Waals surface area contributed by atoms with Crippen molar-refractivity contribution in [3.8, 4) is 0 Å². The highest BCUT2D eigenvalue weighted by atomic mass is 79.9. The van der Waals surface area contributed by atoms with Gasteiger partial charge >= 0.3 is 0 Å². The van der Waals surface area contributed by atoms with Crippen LogP contribution in [0.25, 0.3) is 0 Å². The second-order valence-electron chi connectivity index (χ2n) is 3.07. The van der Waals surface area contributed by atoms with E-state index in [-0.39, 0.29) is 18.2 Å². The highest BCUT2D eigenvalue weighted by molar-refractivity contribution is 9.10. The quantitative estimate of drug-likeness (QED) is 0.850. The molecular weight excluding hydrogens is 284 g/mol. The molecule has 82 valence electrons. The van der Waals surface area contributed by atoms with Crippen molar-refractivity contribution < 1.29 is 9.18 Å². The number of rotatable bonds is 3. The van der Waals surface area contributed by atoms with Crippen molar-refractivity contribution in [2.45, 2.75) is 13.3 Å². The van der Waals surface area contributed by atoms with Crippen molar-refractivity contribution in [2.75, 3.05) is 11.2 Å². The molecule has 0 aromatic heterocycles. The number of halogens is 3. The maximum Gasteiger partial charge on any atom is 0.225 e. The van der Waals surface area contributed by atoms with Gasteiger partial charge in [-0.2, -0.15) is 0 Å². The van der Waals surface area contributed by atoms with Crippen molar-refractivity contribution in [1.29, 1.82) is 0 Å². The van der Waals surface area contributed by atoms with Gasteiger partial charge in [-0.25, -0.2) is 4.39 Å². The first kappa shape index (κ1) is 12.5. The Morgan fingerprint density at radius 3 is 2.87 bits per heavy atom. The summed E-state index contributed by atoms with van der Waals surface area (Å²) in [4.78, 5) is 11.2. The molecule has 0 aliphatic carbocycles. The average Bonchev–Trinajstić information content (AvgIpc) is 2.14. The molecule has 1 aromatic carbocycles. The van der Waals surface area contributed by atoms with Crippen molar-refractivity contribution in [3.05, 3.63) is 28.0 Å². The van der Waals surface area contributed by atoms with Crippen LogP contribution >= 0.6 is 27.5 Å². The van der Waals surface area contributed by atoms with Crippen LogP contribution in [0.5, 0.6) is 0 Å². The molecule has 0 bridgehead atoms. The van der Waals surface area contributed by atoms with E-state index in [9.17, 15) is 9.18 Å². The number of hydrogen-bond acceptors (Lipinski definition) is 1. The van der Waals surface area contributed by atoms with E-state index < -0.39 is 5.82 Å². The molecule has 0 spiro atoms. The number of nitrogens with one attached hydrogen (secondary N) is 1. The predicted octanol–water partition coefficient (Wildman–Crippen LogP) is 3.46. The molecule has 15 heavy (non-hydrogen) atoms. The van der Waals surface area contributed by atoms with Gasteiger partial charge in [-0.05, 0) is 40.5 Å². The third kappa shape index (κ3) is 3.47. The van der Waals surface area contributed by atoms with Crippen LogP contribution in [0.4, 0.5) is 10.1 Å². The molecule has 0 aliphatic heterocycles. The van der Waals surface area contributed by atoms with Crippen LogP contribution in [0.1, 0.15) is 12.0 Å². The number of aryl methyl sites for hydroxylation is 1. The lowest BCUT2D eigenvalue weighted by molar-refractivity contribution is -0.115. The van der Waals surface area contributed by atoms with Crippen molar-refractivity contribution in [2.24, 2.45) is 0 Å². The molecule has 0 heterocycles. The summed E-state index contributed by atoms with van der Waals surface area (Å²) in [5, 5.41) is 2.59. The van der Waals surface area contributed by atoms with Gasteiger partial charge in [-0.3, -0.25) is 4.79 Å². The molecule has 0 atom stereocenters. The lowest BCUT2D eigenvalue weighted by Crippen LogP contribution is -2.12. The number of anilines is 1. The zero-order valence-electron chi connectivity index (χ0n) is 8.11. The Morgan fingerprint density at radius 1 is 1.60 bits per heavy atom. The predicted molar refractivity (Wildman–Crippen MR) is 62.8 cm³/mol. The molecule has 2 nitrogen and oxygen atoms in total. The highest BCUT2D eigenvalue weighted by Crippen LogP contribution is 2.23. The molecule has 1 amide bonds. The highest BCUT2D eigenvalue weighted by Gasteiger charge is 2.07. The fraction of sp³-hybridized carbons (Fsp3) is 0.300. The molecule has 1 N–H and O–H groups in total. The van der Waals surface area contributed by atoms with E-state index in [1.165, 1.54) is 6.07 Å². The Hall–Kier alpha value is -0.610. The number of carbonyl (C=O) groups is 1. The number of hydrogen-bond donors (Lipinski definition) is 1. The zero-order valence-corrected chi connectivity index (χ0v) is 10.5. The van der Waals surface area contributed by atoms with Gasteiger partial charge in [0.25, 0.3) is 0 Å². The summed E-state index contributed by atoms with van der Waals surface area (Å²) < 4.78 is 13.6. The number of amides is 1. The molecule has 1 rings (SSSR count). The summed E-state index contributed by atoms with van der Waals surface area (Å²) in [5.74, 6) is -0.360. The van der Waals surface area contributed by atoms with Crippen molar-refractivity contribution in [3.63, 3.8) is 0 Å². The monoisotopic (exact) mass is 293 g/mol. The molecule has 1 aromatic rings. The smallest absolute Gasteiger partial charge is 0.225 e. The number of carbonyl (C=O) groups excluding carboxylic acids is 1. The number of alkyl halides is 1. The second kappa shape index (κ2) is 5.47. The zero-order chi connectivity index (χ0) is 11.4. The lowest BCUT2D eigenvalue weighted by Gasteiger charge is -2.08. The topological polar surface area (TPSA) is 29.1 Å². The van der Waals surface area contributed by atoms with E-state index in [1.54, 1.807) is 13.0 Å². The van der Waals surface area contributed by atoms with E-state index in [0.717, 1.165) is 5.56 Å². The largest absolute Gasteiger partial charge is 0.326 e. The first-order valence-corrected chi connectivity index (χ1v) is 5.69. The Balaban J connectivity index is 2.86. The van der Waals surface area contributed by atoms with Crippen LogP contribution in [0.15, 0.2) is 16.6 Å². The maximum absolute atomic E-state index is 13.2. The Bertz CT molecular complexity index is 384. The van der Waals surface area contributed by atoms with Gasteiger partial charge in [0.15, 0.2) is 0 Å². The van der Waals surface area contributed by atoms with Crippen LogP contribution in [0, 0.1) is 12.7 Å².